The number of carbonyl (C=O) groups excluding carboxylic acids is 1. The van der Waals surface area contributed by atoms with Crippen molar-refractivity contribution in [3.05, 3.63) is 40.2 Å². The summed E-state index contributed by atoms with van der Waals surface area (Å²) in [5.74, 6) is -0.951. The van der Waals surface area contributed by atoms with Crippen molar-refractivity contribution < 1.29 is 13.9 Å². The number of rotatable bonds is 4. The first-order valence-electron chi connectivity index (χ1n) is 7.31. The van der Waals surface area contributed by atoms with Crippen LogP contribution in [0, 0.1) is 5.82 Å². The van der Waals surface area contributed by atoms with Crippen molar-refractivity contribution in [2.75, 3.05) is 13.1 Å². The molecule has 1 atom stereocenters. The van der Waals surface area contributed by atoms with E-state index in [9.17, 15) is 14.0 Å². The van der Waals surface area contributed by atoms with Crippen LogP contribution >= 0.6 is 0 Å². The van der Waals surface area contributed by atoms with Gasteiger partial charge in [-0.15, -0.1) is 0 Å². The number of hydrogen-bond donors (Lipinski definition) is 2. The molecule has 1 amide bonds. The van der Waals surface area contributed by atoms with E-state index in [2.05, 4.69) is 19.9 Å². The third kappa shape index (κ3) is 3.08. The van der Waals surface area contributed by atoms with E-state index in [1.165, 1.54) is 12.5 Å². The van der Waals surface area contributed by atoms with Crippen LogP contribution in [0.3, 0.4) is 0 Å². The highest BCUT2D eigenvalue weighted by atomic mass is 19.1. The van der Waals surface area contributed by atoms with Gasteiger partial charge < -0.3 is 19.6 Å². The second-order valence-corrected chi connectivity index (χ2v) is 5.23. The van der Waals surface area contributed by atoms with Crippen molar-refractivity contribution in [3.63, 3.8) is 0 Å². The number of nitrogens with one attached hydrogen (secondary N) is 2. The molecule has 2 aromatic heterocycles. The largest absolute Gasteiger partial charge is 0.470 e. The minimum absolute atomic E-state index is 0.0915. The molecule has 0 aromatic carbocycles. The van der Waals surface area contributed by atoms with Gasteiger partial charge in [-0.05, 0) is 6.42 Å². The van der Waals surface area contributed by atoms with E-state index in [0.29, 0.717) is 31.6 Å². The Morgan fingerprint density at radius 2 is 2.35 bits per heavy atom. The van der Waals surface area contributed by atoms with Crippen molar-refractivity contribution in [2.24, 2.45) is 0 Å². The predicted octanol–water partition coefficient (Wildman–Crippen LogP) is 0.488. The van der Waals surface area contributed by atoms with Crippen molar-refractivity contribution in [3.8, 4) is 5.88 Å². The third-order valence-corrected chi connectivity index (χ3v) is 3.70. The maximum atomic E-state index is 14.1. The minimum atomic E-state index is -0.560. The van der Waals surface area contributed by atoms with Gasteiger partial charge in [-0.2, -0.15) is 9.37 Å². The fourth-order valence-electron chi connectivity index (χ4n) is 2.50. The first-order valence-corrected chi connectivity index (χ1v) is 7.31. The summed E-state index contributed by atoms with van der Waals surface area (Å²) in [4.78, 5) is 37.3. The second kappa shape index (κ2) is 6.19. The average molecular weight is 321 g/mol. The van der Waals surface area contributed by atoms with Gasteiger partial charge in [0.15, 0.2) is 0 Å². The Morgan fingerprint density at radius 3 is 3.04 bits per heavy atom. The molecule has 1 aliphatic rings. The lowest BCUT2D eigenvalue weighted by Crippen LogP contribution is -2.31. The molecule has 1 saturated heterocycles. The van der Waals surface area contributed by atoms with Crippen LogP contribution in [0.2, 0.25) is 0 Å². The Labute approximate surface area is 130 Å². The number of halogens is 1. The van der Waals surface area contributed by atoms with Crippen LogP contribution in [-0.4, -0.2) is 49.9 Å². The molecule has 9 heteroatoms. The summed E-state index contributed by atoms with van der Waals surface area (Å²) in [5, 5.41) is 0. The van der Waals surface area contributed by atoms with Crippen LogP contribution in [0.4, 0.5) is 4.39 Å². The summed E-state index contributed by atoms with van der Waals surface area (Å²) < 4.78 is 19.6. The highest BCUT2D eigenvalue weighted by Gasteiger charge is 2.30. The Bertz CT molecular complexity index is 772. The van der Waals surface area contributed by atoms with E-state index < -0.39 is 11.5 Å². The highest BCUT2D eigenvalue weighted by molar-refractivity contribution is 5.92. The number of aromatic amines is 2. The van der Waals surface area contributed by atoms with Gasteiger partial charge in [-0.25, -0.2) is 9.78 Å². The molecule has 122 valence electrons. The third-order valence-electron chi connectivity index (χ3n) is 3.70. The molecule has 3 rings (SSSR count). The molecule has 0 unspecified atom stereocenters. The number of H-pyrrole nitrogens is 2. The van der Waals surface area contributed by atoms with Gasteiger partial charge >= 0.3 is 5.69 Å². The topological polar surface area (TPSA) is 104 Å². The number of hydrogen-bond acceptors (Lipinski definition) is 5. The summed E-state index contributed by atoms with van der Waals surface area (Å²) in [5.41, 5.74) is 0.0541. The molecule has 1 aliphatic heterocycles. The highest BCUT2D eigenvalue weighted by Crippen LogP contribution is 2.21. The maximum Gasteiger partial charge on any atom is 0.323 e. The zero-order chi connectivity index (χ0) is 16.4. The summed E-state index contributed by atoms with van der Waals surface area (Å²) in [6.07, 6.45) is 3.25. The summed E-state index contributed by atoms with van der Waals surface area (Å²) in [7, 11) is 0. The number of ether oxygens (including phenoxy) is 1. The SMILES string of the molecule is CCc1ncnc(O[C@@H]2CCN(C(=O)c3c[nH]c(=O)[nH]3)C2)c1F. The fraction of sp³-hybridized carbons (Fsp3) is 0.429. The number of imidazole rings is 1. The number of nitrogens with zero attached hydrogens (tertiary/aromatic N) is 3. The molecule has 2 aromatic rings. The van der Waals surface area contributed by atoms with Gasteiger partial charge in [0, 0.05) is 19.2 Å². The summed E-state index contributed by atoms with van der Waals surface area (Å²) in [6.45, 7) is 2.56. The zero-order valence-electron chi connectivity index (χ0n) is 12.5. The molecule has 0 aliphatic carbocycles. The molecule has 2 N–H and O–H groups in total. The number of likely N-dealkylation sites (tertiary alicyclic amines) is 1. The van der Waals surface area contributed by atoms with Gasteiger partial charge in [0.1, 0.15) is 18.1 Å². The number of carbonyl (C=O) groups is 1. The zero-order valence-corrected chi connectivity index (χ0v) is 12.5. The van der Waals surface area contributed by atoms with Crippen LogP contribution in [0.5, 0.6) is 5.88 Å². The van der Waals surface area contributed by atoms with Gasteiger partial charge in [-0.1, -0.05) is 6.92 Å². The molecule has 0 spiro atoms. The van der Waals surface area contributed by atoms with Crippen molar-refractivity contribution in [1.82, 2.24) is 24.8 Å². The molecule has 3 heterocycles. The van der Waals surface area contributed by atoms with Crippen LogP contribution in [0.1, 0.15) is 29.5 Å². The van der Waals surface area contributed by atoms with Crippen LogP contribution < -0.4 is 10.4 Å². The number of amides is 1. The lowest BCUT2D eigenvalue weighted by atomic mass is 10.3. The Balaban J connectivity index is 1.66. The normalized spacial score (nSPS) is 17.5. The van der Waals surface area contributed by atoms with E-state index >= 15 is 0 Å². The predicted molar refractivity (Wildman–Crippen MR) is 77.7 cm³/mol. The molecule has 8 nitrogen and oxygen atoms in total. The van der Waals surface area contributed by atoms with Crippen molar-refractivity contribution in [1.29, 1.82) is 0 Å². The monoisotopic (exact) mass is 321 g/mol. The number of aromatic nitrogens is 4. The molecule has 0 saturated carbocycles. The van der Waals surface area contributed by atoms with E-state index in [4.69, 9.17) is 4.74 Å². The van der Waals surface area contributed by atoms with E-state index in [1.54, 1.807) is 11.8 Å². The number of aryl methyl sites for hydroxylation is 1. The summed E-state index contributed by atoms with van der Waals surface area (Å²) >= 11 is 0. The molecular weight excluding hydrogens is 305 g/mol. The smallest absolute Gasteiger partial charge is 0.323 e. The fourth-order valence-corrected chi connectivity index (χ4v) is 2.50. The molecule has 0 radical (unpaired) electrons. The van der Waals surface area contributed by atoms with E-state index in [-0.39, 0.29) is 23.6 Å². The molecule has 0 bridgehead atoms. The van der Waals surface area contributed by atoms with Crippen LogP contribution in [0.25, 0.3) is 0 Å². The first kappa shape index (κ1) is 15.2. The molecule has 1 fully saturated rings. The summed E-state index contributed by atoms with van der Waals surface area (Å²) in [6, 6.07) is 0. The van der Waals surface area contributed by atoms with Gasteiger partial charge in [0.2, 0.25) is 5.82 Å². The van der Waals surface area contributed by atoms with Gasteiger partial charge in [-0.3, -0.25) is 4.79 Å². The minimum Gasteiger partial charge on any atom is -0.470 e. The standard InChI is InChI=1S/C14H16FN5O3/c1-2-9-11(15)12(18-7-17-9)23-8-3-4-20(6-8)13(21)10-5-16-14(22)19-10/h5,7-8H,2-4,6H2,1H3,(H2,16,19,22)/t8-/m1/s1. The average Bonchev–Trinajstić information content (AvgIpc) is 3.18. The van der Waals surface area contributed by atoms with Gasteiger partial charge in [0.05, 0.1) is 12.2 Å². The van der Waals surface area contributed by atoms with Crippen LogP contribution in [0.15, 0.2) is 17.3 Å². The van der Waals surface area contributed by atoms with Gasteiger partial charge in [0.25, 0.3) is 11.8 Å². The van der Waals surface area contributed by atoms with Crippen molar-refractivity contribution in [2.45, 2.75) is 25.9 Å². The Kier molecular flexibility index (Phi) is 4.09. The van der Waals surface area contributed by atoms with Crippen LogP contribution in [-0.2, 0) is 6.42 Å². The second-order valence-electron chi connectivity index (χ2n) is 5.23. The Hall–Kier alpha value is -2.71. The maximum absolute atomic E-state index is 14.1. The Morgan fingerprint density at radius 1 is 1.52 bits per heavy atom. The lowest BCUT2D eigenvalue weighted by Gasteiger charge is -2.16. The first-order chi connectivity index (χ1) is 11.1. The van der Waals surface area contributed by atoms with E-state index in [1.807, 2.05) is 0 Å². The lowest BCUT2D eigenvalue weighted by molar-refractivity contribution is 0.0764. The quantitative estimate of drug-likeness (QED) is 0.853. The molecule has 23 heavy (non-hydrogen) atoms. The van der Waals surface area contributed by atoms with E-state index in [0.717, 1.165) is 0 Å². The van der Waals surface area contributed by atoms with Crippen molar-refractivity contribution >= 4 is 5.91 Å². The molecular formula is C14H16FN5O3.